The highest BCUT2D eigenvalue weighted by atomic mass is 16.2. The normalized spacial score (nSPS) is 10.7. The molecule has 1 aromatic heterocycles. The summed E-state index contributed by atoms with van der Waals surface area (Å²) in [6.45, 7) is 5.44. The van der Waals surface area contributed by atoms with Gasteiger partial charge in [0.05, 0.1) is 13.1 Å². The molecule has 6 heteroatoms. The van der Waals surface area contributed by atoms with Crippen LogP contribution >= 0.6 is 0 Å². The molecule has 0 atom stereocenters. The van der Waals surface area contributed by atoms with Gasteiger partial charge in [0.1, 0.15) is 11.6 Å². The Labute approximate surface area is 108 Å². The van der Waals surface area contributed by atoms with Crippen molar-refractivity contribution in [2.75, 3.05) is 25.9 Å². The zero-order valence-corrected chi connectivity index (χ0v) is 11.2. The van der Waals surface area contributed by atoms with Crippen LogP contribution in [0.5, 0.6) is 0 Å². The Bertz CT molecular complexity index is 387. The number of nitrogen functional groups attached to an aromatic ring is 1. The van der Waals surface area contributed by atoms with Crippen LogP contribution in [-0.4, -0.2) is 40.9 Å². The summed E-state index contributed by atoms with van der Waals surface area (Å²) < 4.78 is 0. The van der Waals surface area contributed by atoms with Crippen LogP contribution < -0.4 is 11.1 Å². The van der Waals surface area contributed by atoms with Crippen molar-refractivity contribution in [3.8, 4) is 0 Å². The molecule has 1 amide bonds. The lowest BCUT2D eigenvalue weighted by molar-refractivity contribution is -0.122. The molecule has 0 radical (unpaired) electrons. The first-order valence-electron chi connectivity index (χ1n) is 6.06. The number of carbonyl (C=O) groups is 1. The highest BCUT2D eigenvalue weighted by Crippen LogP contribution is 2.03. The summed E-state index contributed by atoms with van der Waals surface area (Å²) >= 11 is 0. The van der Waals surface area contributed by atoms with Crippen LogP contribution in [0.1, 0.15) is 24.9 Å². The molecular weight excluding hydrogens is 230 g/mol. The fourth-order valence-electron chi connectivity index (χ4n) is 1.59. The molecule has 1 rings (SSSR count). The van der Waals surface area contributed by atoms with Gasteiger partial charge in [-0.25, -0.2) is 9.97 Å². The fraction of sp³-hybridized carbons (Fsp3) is 0.583. The zero-order chi connectivity index (χ0) is 13.5. The number of hydrogen-bond donors (Lipinski definition) is 2. The van der Waals surface area contributed by atoms with E-state index in [2.05, 4.69) is 15.3 Å². The molecule has 1 heterocycles. The summed E-state index contributed by atoms with van der Waals surface area (Å²) in [4.78, 5) is 21.8. The quantitative estimate of drug-likeness (QED) is 0.761. The molecule has 100 valence electrons. The summed E-state index contributed by atoms with van der Waals surface area (Å²) in [6.07, 6.45) is 0.937. The van der Waals surface area contributed by atoms with E-state index in [-0.39, 0.29) is 5.91 Å². The number of anilines is 1. The molecule has 0 aliphatic carbocycles. The maximum absolute atomic E-state index is 11.5. The zero-order valence-electron chi connectivity index (χ0n) is 11.2. The molecule has 0 fully saturated rings. The van der Waals surface area contributed by atoms with Gasteiger partial charge in [0, 0.05) is 18.3 Å². The first kappa shape index (κ1) is 14.4. The van der Waals surface area contributed by atoms with Crippen LogP contribution in [0.3, 0.4) is 0 Å². The minimum absolute atomic E-state index is 0.0139. The Morgan fingerprint density at radius 3 is 2.83 bits per heavy atom. The number of carbonyl (C=O) groups excluding carboxylic acids is 1. The summed E-state index contributed by atoms with van der Waals surface area (Å²) in [5.74, 6) is 1.11. The van der Waals surface area contributed by atoms with E-state index < -0.39 is 0 Å². The topological polar surface area (TPSA) is 84.1 Å². The van der Waals surface area contributed by atoms with Crippen molar-refractivity contribution < 1.29 is 4.79 Å². The van der Waals surface area contributed by atoms with Crippen LogP contribution in [0, 0.1) is 6.92 Å². The largest absolute Gasteiger partial charge is 0.384 e. The summed E-state index contributed by atoms with van der Waals surface area (Å²) in [6, 6.07) is 1.72. The minimum atomic E-state index is 0.0139. The van der Waals surface area contributed by atoms with Crippen LogP contribution in [0.25, 0.3) is 0 Å². The van der Waals surface area contributed by atoms with Gasteiger partial charge in [-0.2, -0.15) is 0 Å². The molecule has 0 saturated heterocycles. The van der Waals surface area contributed by atoms with Gasteiger partial charge >= 0.3 is 0 Å². The average Bonchev–Trinajstić information content (AvgIpc) is 2.24. The van der Waals surface area contributed by atoms with Crippen molar-refractivity contribution in [2.45, 2.75) is 26.8 Å². The number of aryl methyl sites for hydroxylation is 1. The molecule has 0 bridgehead atoms. The van der Waals surface area contributed by atoms with E-state index in [1.807, 2.05) is 25.8 Å². The van der Waals surface area contributed by atoms with Crippen molar-refractivity contribution in [1.82, 2.24) is 20.2 Å². The standard InChI is InChI=1S/C12H21N5O/c1-4-5-14-12(18)8-17(3)7-11-15-9(2)6-10(13)16-11/h6H,4-5,7-8H2,1-3H3,(H,14,18)(H2,13,15,16). The molecular formula is C12H21N5O. The third kappa shape index (κ3) is 5.09. The van der Waals surface area contributed by atoms with Gasteiger partial charge in [-0.3, -0.25) is 9.69 Å². The number of nitrogens with one attached hydrogen (secondary N) is 1. The van der Waals surface area contributed by atoms with Crippen LogP contribution in [0.15, 0.2) is 6.07 Å². The van der Waals surface area contributed by atoms with E-state index in [0.29, 0.717) is 31.3 Å². The van der Waals surface area contributed by atoms with Gasteiger partial charge in [0.25, 0.3) is 0 Å². The van der Waals surface area contributed by atoms with E-state index in [1.165, 1.54) is 0 Å². The smallest absolute Gasteiger partial charge is 0.234 e. The van der Waals surface area contributed by atoms with E-state index in [4.69, 9.17) is 5.73 Å². The number of aromatic nitrogens is 2. The monoisotopic (exact) mass is 251 g/mol. The van der Waals surface area contributed by atoms with Gasteiger partial charge in [-0.05, 0) is 20.4 Å². The number of rotatable bonds is 6. The van der Waals surface area contributed by atoms with E-state index in [1.54, 1.807) is 6.07 Å². The Morgan fingerprint density at radius 2 is 2.22 bits per heavy atom. The molecule has 1 aromatic rings. The van der Waals surface area contributed by atoms with Crippen molar-refractivity contribution in [3.63, 3.8) is 0 Å². The van der Waals surface area contributed by atoms with Crippen LogP contribution in [0.2, 0.25) is 0 Å². The lowest BCUT2D eigenvalue weighted by Gasteiger charge is -2.15. The Hall–Kier alpha value is -1.69. The van der Waals surface area contributed by atoms with Crippen molar-refractivity contribution in [3.05, 3.63) is 17.6 Å². The first-order valence-corrected chi connectivity index (χ1v) is 6.06. The van der Waals surface area contributed by atoms with E-state index in [9.17, 15) is 4.79 Å². The predicted octanol–water partition coefficient (Wildman–Crippen LogP) is 0.325. The van der Waals surface area contributed by atoms with Crippen molar-refractivity contribution >= 4 is 11.7 Å². The summed E-state index contributed by atoms with van der Waals surface area (Å²) in [7, 11) is 1.85. The molecule has 0 saturated carbocycles. The molecule has 0 unspecified atom stereocenters. The number of amides is 1. The van der Waals surface area contributed by atoms with E-state index in [0.717, 1.165) is 12.1 Å². The maximum atomic E-state index is 11.5. The summed E-state index contributed by atoms with van der Waals surface area (Å²) in [5.41, 5.74) is 6.49. The first-order chi connectivity index (χ1) is 8.51. The van der Waals surface area contributed by atoms with Crippen molar-refractivity contribution in [1.29, 1.82) is 0 Å². The fourth-order valence-corrected chi connectivity index (χ4v) is 1.59. The second-order valence-electron chi connectivity index (χ2n) is 4.37. The molecule has 0 spiro atoms. The van der Waals surface area contributed by atoms with Crippen LogP contribution in [0.4, 0.5) is 5.82 Å². The third-order valence-electron chi connectivity index (χ3n) is 2.32. The average molecular weight is 251 g/mol. The number of nitrogens with two attached hydrogens (primary N) is 1. The third-order valence-corrected chi connectivity index (χ3v) is 2.32. The van der Waals surface area contributed by atoms with Gasteiger partial charge in [-0.1, -0.05) is 6.92 Å². The summed E-state index contributed by atoms with van der Waals surface area (Å²) in [5, 5.41) is 2.83. The predicted molar refractivity (Wildman–Crippen MR) is 70.8 cm³/mol. The number of nitrogens with zero attached hydrogens (tertiary/aromatic N) is 3. The Morgan fingerprint density at radius 1 is 1.50 bits per heavy atom. The molecule has 0 aliphatic heterocycles. The Kier molecular flexibility index (Phi) is 5.51. The lowest BCUT2D eigenvalue weighted by Crippen LogP contribution is -2.35. The van der Waals surface area contributed by atoms with Gasteiger partial charge in [0.2, 0.25) is 5.91 Å². The SMILES string of the molecule is CCCNC(=O)CN(C)Cc1nc(C)cc(N)n1. The van der Waals surface area contributed by atoms with Gasteiger partial charge in [0.15, 0.2) is 0 Å². The number of hydrogen-bond acceptors (Lipinski definition) is 5. The van der Waals surface area contributed by atoms with Gasteiger partial charge in [-0.15, -0.1) is 0 Å². The number of likely N-dealkylation sites (N-methyl/N-ethyl adjacent to an activating group) is 1. The molecule has 0 aromatic carbocycles. The highest BCUT2D eigenvalue weighted by molar-refractivity contribution is 5.77. The van der Waals surface area contributed by atoms with Crippen molar-refractivity contribution in [2.24, 2.45) is 0 Å². The molecule has 0 aliphatic rings. The highest BCUT2D eigenvalue weighted by Gasteiger charge is 2.08. The van der Waals surface area contributed by atoms with Crippen LogP contribution in [-0.2, 0) is 11.3 Å². The second-order valence-corrected chi connectivity index (χ2v) is 4.37. The Balaban J connectivity index is 2.48. The molecule has 6 nitrogen and oxygen atoms in total. The lowest BCUT2D eigenvalue weighted by atomic mass is 10.4. The maximum Gasteiger partial charge on any atom is 0.234 e. The second kappa shape index (κ2) is 6.90. The van der Waals surface area contributed by atoms with E-state index >= 15 is 0 Å². The van der Waals surface area contributed by atoms with Gasteiger partial charge < -0.3 is 11.1 Å². The minimum Gasteiger partial charge on any atom is -0.384 e. The molecule has 3 N–H and O–H groups in total. The molecule has 18 heavy (non-hydrogen) atoms.